The van der Waals surface area contributed by atoms with Crippen LogP contribution >= 0.6 is 22.9 Å². The van der Waals surface area contributed by atoms with Crippen LogP contribution in [0, 0.1) is 5.92 Å². The van der Waals surface area contributed by atoms with E-state index in [2.05, 4.69) is 10.3 Å². The average molecular weight is 284 g/mol. The number of aromatic nitrogens is 1. The number of carbonyl (C=O) groups excluding carboxylic acids is 1. The SMILES string of the molecule is CC(C)CC(=O)Nc1cc(Cl)c2nc(N)sc2c1. The predicted octanol–water partition coefficient (Wildman–Crippen LogP) is 3.52. The Balaban J connectivity index is 2.26. The lowest BCUT2D eigenvalue weighted by Gasteiger charge is -2.07. The van der Waals surface area contributed by atoms with Crippen LogP contribution in [-0.4, -0.2) is 10.9 Å². The molecule has 0 bridgehead atoms. The molecule has 0 saturated carbocycles. The minimum absolute atomic E-state index is 0.0158. The number of nitrogens with two attached hydrogens (primary N) is 1. The molecule has 1 aromatic heterocycles. The molecule has 0 radical (unpaired) electrons. The monoisotopic (exact) mass is 283 g/mol. The van der Waals surface area contributed by atoms with Crippen LogP contribution in [0.15, 0.2) is 12.1 Å². The van der Waals surface area contributed by atoms with Crippen molar-refractivity contribution in [3.05, 3.63) is 17.2 Å². The lowest BCUT2D eigenvalue weighted by Crippen LogP contribution is -2.13. The van der Waals surface area contributed by atoms with Crippen molar-refractivity contribution in [2.75, 3.05) is 11.1 Å². The van der Waals surface area contributed by atoms with Gasteiger partial charge in [-0.25, -0.2) is 4.98 Å². The molecule has 6 heteroatoms. The van der Waals surface area contributed by atoms with E-state index in [0.717, 1.165) is 4.70 Å². The molecule has 1 aromatic carbocycles. The first-order valence-corrected chi connectivity index (χ1v) is 6.80. The maximum atomic E-state index is 11.7. The molecule has 0 saturated heterocycles. The van der Waals surface area contributed by atoms with E-state index in [1.807, 2.05) is 19.9 Å². The fourth-order valence-electron chi connectivity index (χ4n) is 1.66. The van der Waals surface area contributed by atoms with E-state index < -0.39 is 0 Å². The first kappa shape index (κ1) is 13.1. The van der Waals surface area contributed by atoms with Gasteiger partial charge < -0.3 is 11.1 Å². The molecule has 0 unspecified atom stereocenters. The Bertz CT molecular complexity index is 594. The summed E-state index contributed by atoms with van der Waals surface area (Å²) < 4.78 is 0.875. The van der Waals surface area contributed by atoms with Gasteiger partial charge in [0, 0.05) is 12.1 Å². The lowest BCUT2D eigenvalue weighted by molar-refractivity contribution is -0.116. The molecule has 1 heterocycles. The highest BCUT2D eigenvalue weighted by molar-refractivity contribution is 7.22. The number of fused-ring (bicyclic) bond motifs is 1. The van der Waals surface area contributed by atoms with Crippen molar-refractivity contribution in [3.63, 3.8) is 0 Å². The molecule has 96 valence electrons. The molecular formula is C12H14ClN3OS. The number of amides is 1. The van der Waals surface area contributed by atoms with Gasteiger partial charge in [-0.1, -0.05) is 36.8 Å². The summed E-state index contributed by atoms with van der Waals surface area (Å²) in [5.74, 6) is 0.307. The Morgan fingerprint density at radius 3 is 2.94 bits per heavy atom. The topological polar surface area (TPSA) is 68.0 Å². The number of anilines is 2. The largest absolute Gasteiger partial charge is 0.375 e. The van der Waals surface area contributed by atoms with Crippen LogP contribution in [0.3, 0.4) is 0 Å². The van der Waals surface area contributed by atoms with E-state index in [0.29, 0.717) is 33.7 Å². The molecule has 0 aliphatic rings. The first-order chi connectivity index (χ1) is 8.45. The van der Waals surface area contributed by atoms with Crippen LogP contribution in [0.5, 0.6) is 0 Å². The zero-order valence-corrected chi connectivity index (χ0v) is 11.7. The van der Waals surface area contributed by atoms with Crippen molar-refractivity contribution in [1.82, 2.24) is 4.98 Å². The first-order valence-electron chi connectivity index (χ1n) is 5.61. The second kappa shape index (κ2) is 5.12. The van der Waals surface area contributed by atoms with E-state index in [4.69, 9.17) is 17.3 Å². The Labute approximate surface area is 114 Å². The van der Waals surface area contributed by atoms with Crippen molar-refractivity contribution < 1.29 is 4.79 Å². The van der Waals surface area contributed by atoms with Crippen LogP contribution in [0.4, 0.5) is 10.8 Å². The van der Waals surface area contributed by atoms with E-state index in [-0.39, 0.29) is 5.91 Å². The number of rotatable bonds is 3. The van der Waals surface area contributed by atoms with Gasteiger partial charge >= 0.3 is 0 Å². The van der Waals surface area contributed by atoms with Crippen molar-refractivity contribution in [3.8, 4) is 0 Å². The maximum Gasteiger partial charge on any atom is 0.224 e. The Morgan fingerprint density at radius 2 is 2.28 bits per heavy atom. The number of carbonyl (C=O) groups is 1. The second-order valence-electron chi connectivity index (χ2n) is 4.50. The van der Waals surface area contributed by atoms with Crippen molar-refractivity contribution in [2.24, 2.45) is 5.92 Å². The molecule has 4 nitrogen and oxygen atoms in total. The summed E-state index contributed by atoms with van der Waals surface area (Å²) in [6.45, 7) is 4.00. The van der Waals surface area contributed by atoms with Gasteiger partial charge in [0.2, 0.25) is 5.91 Å². The minimum Gasteiger partial charge on any atom is -0.375 e. The molecule has 0 atom stereocenters. The van der Waals surface area contributed by atoms with Gasteiger partial charge in [-0.3, -0.25) is 4.79 Å². The summed E-state index contributed by atoms with van der Waals surface area (Å²) in [4.78, 5) is 15.8. The Morgan fingerprint density at radius 1 is 1.56 bits per heavy atom. The summed E-state index contributed by atoms with van der Waals surface area (Å²) in [6.07, 6.45) is 0.487. The van der Waals surface area contributed by atoms with Crippen LogP contribution in [-0.2, 0) is 4.79 Å². The highest BCUT2D eigenvalue weighted by Crippen LogP contribution is 2.32. The number of thiazole rings is 1. The summed E-state index contributed by atoms with van der Waals surface area (Å²) in [7, 11) is 0. The van der Waals surface area contributed by atoms with E-state index in [1.54, 1.807) is 6.07 Å². The highest BCUT2D eigenvalue weighted by atomic mass is 35.5. The van der Waals surface area contributed by atoms with Gasteiger partial charge in [-0.2, -0.15) is 0 Å². The summed E-state index contributed by atoms with van der Waals surface area (Å²) in [5, 5.41) is 3.80. The standard InChI is InChI=1S/C12H14ClN3OS/c1-6(2)3-10(17)15-7-4-8(13)11-9(5-7)18-12(14)16-11/h4-6H,3H2,1-2H3,(H2,14,16)(H,15,17). The molecule has 1 amide bonds. The van der Waals surface area contributed by atoms with Gasteiger partial charge in [0.15, 0.2) is 5.13 Å². The summed E-state index contributed by atoms with van der Waals surface area (Å²) in [5.41, 5.74) is 7.00. The van der Waals surface area contributed by atoms with Gasteiger partial charge in [-0.05, 0) is 18.1 Å². The summed E-state index contributed by atoms with van der Waals surface area (Å²) >= 11 is 7.45. The van der Waals surface area contributed by atoms with Gasteiger partial charge in [0.05, 0.1) is 9.72 Å². The number of nitrogens with zero attached hydrogens (tertiary/aromatic N) is 1. The zero-order chi connectivity index (χ0) is 13.3. The van der Waals surface area contributed by atoms with Crippen molar-refractivity contribution >= 4 is 49.9 Å². The fraction of sp³-hybridized carbons (Fsp3) is 0.333. The number of halogens is 1. The smallest absolute Gasteiger partial charge is 0.224 e. The number of hydrogen-bond acceptors (Lipinski definition) is 4. The van der Waals surface area contributed by atoms with Crippen molar-refractivity contribution in [1.29, 1.82) is 0 Å². The number of nitrogen functional groups attached to an aromatic ring is 1. The third-order valence-corrected chi connectivity index (χ3v) is 3.46. The lowest BCUT2D eigenvalue weighted by atomic mass is 10.1. The third-order valence-electron chi connectivity index (χ3n) is 2.34. The molecule has 3 N–H and O–H groups in total. The molecule has 18 heavy (non-hydrogen) atoms. The highest BCUT2D eigenvalue weighted by Gasteiger charge is 2.10. The van der Waals surface area contributed by atoms with E-state index >= 15 is 0 Å². The molecule has 2 aromatic rings. The van der Waals surface area contributed by atoms with E-state index in [1.165, 1.54) is 11.3 Å². The van der Waals surface area contributed by atoms with Gasteiger partial charge in [0.25, 0.3) is 0 Å². The normalized spacial score (nSPS) is 11.1. The van der Waals surface area contributed by atoms with Gasteiger partial charge in [0.1, 0.15) is 5.52 Å². The van der Waals surface area contributed by atoms with Gasteiger partial charge in [-0.15, -0.1) is 0 Å². The van der Waals surface area contributed by atoms with Crippen LogP contribution < -0.4 is 11.1 Å². The molecule has 0 spiro atoms. The fourth-order valence-corrected chi connectivity index (χ4v) is 2.78. The maximum absolute atomic E-state index is 11.7. The molecule has 2 rings (SSSR count). The number of hydrogen-bond donors (Lipinski definition) is 2. The molecular weight excluding hydrogens is 270 g/mol. The number of nitrogens with one attached hydrogen (secondary N) is 1. The van der Waals surface area contributed by atoms with E-state index in [9.17, 15) is 4.79 Å². The van der Waals surface area contributed by atoms with Crippen LogP contribution in [0.1, 0.15) is 20.3 Å². The van der Waals surface area contributed by atoms with Crippen LogP contribution in [0.25, 0.3) is 10.2 Å². The Hall–Kier alpha value is -1.33. The van der Waals surface area contributed by atoms with Crippen molar-refractivity contribution in [2.45, 2.75) is 20.3 Å². The minimum atomic E-state index is -0.0158. The third kappa shape index (κ3) is 2.91. The molecule has 0 aliphatic carbocycles. The van der Waals surface area contributed by atoms with Crippen LogP contribution in [0.2, 0.25) is 5.02 Å². The number of benzene rings is 1. The quantitative estimate of drug-likeness (QED) is 0.905. The second-order valence-corrected chi connectivity index (χ2v) is 5.97. The Kier molecular flexibility index (Phi) is 3.73. The predicted molar refractivity (Wildman–Crippen MR) is 77.1 cm³/mol. The average Bonchev–Trinajstić information content (AvgIpc) is 2.57. The molecule has 0 fully saturated rings. The summed E-state index contributed by atoms with van der Waals surface area (Å²) in [6, 6.07) is 3.54. The zero-order valence-electron chi connectivity index (χ0n) is 10.2. The molecule has 0 aliphatic heterocycles.